The molecule has 0 aliphatic rings. The van der Waals surface area contributed by atoms with Crippen LogP contribution in [0.2, 0.25) is 0 Å². The molecule has 0 bridgehead atoms. The first kappa shape index (κ1) is 22.6. The van der Waals surface area contributed by atoms with Crippen molar-refractivity contribution < 1.29 is 13.2 Å². The molecule has 0 aliphatic carbocycles. The van der Waals surface area contributed by atoms with Gasteiger partial charge in [-0.1, -0.05) is 55.8 Å². The van der Waals surface area contributed by atoms with Crippen LogP contribution in [0.3, 0.4) is 0 Å². The van der Waals surface area contributed by atoms with Gasteiger partial charge in [-0.15, -0.1) is 0 Å². The van der Waals surface area contributed by atoms with E-state index in [2.05, 4.69) is 23.9 Å². The van der Waals surface area contributed by atoms with E-state index in [4.69, 9.17) is 0 Å². The lowest BCUT2D eigenvalue weighted by atomic mass is 10.0. The smallest absolute Gasteiger partial charge is 0.261 e. The van der Waals surface area contributed by atoms with Crippen molar-refractivity contribution in [1.29, 1.82) is 0 Å². The molecule has 3 aromatic carbocycles. The highest BCUT2D eigenvalue weighted by atomic mass is 32.2. The number of sulfonamides is 1. The van der Waals surface area contributed by atoms with Crippen LogP contribution in [0, 0.1) is 6.92 Å². The van der Waals surface area contributed by atoms with Crippen LogP contribution >= 0.6 is 0 Å². The highest BCUT2D eigenvalue weighted by molar-refractivity contribution is 7.92. The Morgan fingerprint density at radius 2 is 1.42 bits per heavy atom. The first-order chi connectivity index (χ1) is 14.7. The molecule has 31 heavy (non-hydrogen) atoms. The first-order valence-corrected chi connectivity index (χ1v) is 11.8. The molecular formula is C25H28N2O3S. The maximum absolute atomic E-state index is 12.6. The molecule has 5 nitrogen and oxygen atoms in total. The second-order valence-electron chi connectivity index (χ2n) is 7.94. The fourth-order valence-electron chi connectivity index (χ4n) is 3.10. The van der Waals surface area contributed by atoms with Gasteiger partial charge in [-0.2, -0.15) is 0 Å². The summed E-state index contributed by atoms with van der Waals surface area (Å²) in [6, 6.07) is 21.6. The standard InChI is InChI=1S/C25H28N2O3S/c1-18(2)21-9-13-22(14-10-21)26-25(28)17-8-20-6-15-24(16-7-20)31(29,30)27-23-11-4-19(3)5-12-23/h4-7,9-16,18,27H,8,17H2,1-3H3,(H,26,28). The zero-order valence-corrected chi connectivity index (χ0v) is 18.9. The van der Waals surface area contributed by atoms with Gasteiger partial charge in [0.15, 0.2) is 0 Å². The molecular weight excluding hydrogens is 408 g/mol. The van der Waals surface area contributed by atoms with Crippen molar-refractivity contribution in [3.05, 3.63) is 89.5 Å². The summed E-state index contributed by atoms with van der Waals surface area (Å²) in [6.45, 7) is 6.20. The van der Waals surface area contributed by atoms with E-state index in [-0.39, 0.29) is 10.8 Å². The number of amides is 1. The molecule has 2 N–H and O–H groups in total. The molecule has 0 saturated carbocycles. The van der Waals surface area contributed by atoms with Gasteiger partial charge in [0.2, 0.25) is 5.91 Å². The van der Waals surface area contributed by atoms with Crippen LogP contribution in [0.1, 0.15) is 42.9 Å². The van der Waals surface area contributed by atoms with Crippen LogP contribution in [0.5, 0.6) is 0 Å². The summed E-state index contributed by atoms with van der Waals surface area (Å²) in [5.41, 5.74) is 4.49. The van der Waals surface area contributed by atoms with Crippen LogP contribution in [0.25, 0.3) is 0 Å². The second-order valence-corrected chi connectivity index (χ2v) is 9.62. The summed E-state index contributed by atoms with van der Waals surface area (Å²) in [5, 5.41) is 2.90. The molecule has 1 amide bonds. The lowest BCUT2D eigenvalue weighted by molar-refractivity contribution is -0.116. The molecule has 0 radical (unpaired) electrons. The molecule has 3 rings (SSSR count). The van der Waals surface area contributed by atoms with Crippen molar-refractivity contribution in [1.82, 2.24) is 0 Å². The van der Waals surface area contributed by atoms with Crippen molar-refractivity contribution in [2.24, 2.45) is 0 Å². The number of rotatable bonds is 8. The first-order valence-electron chi connectivity index (χ1n) is 10.3. The lowest BCUT2D eigenvalue weighted by Crippen LogP contribution is -2.13. The number of hydrogen-bond donors (Lipinski definition) is 2. The SMILES string of the molecule is Cc1ccc(NS(=O)(=O)c2ccc(CCC(=O)Nc3ccc(C(C)C)cc3)cc2)cc1. The van der Waals surface area contributed by atoms with Crippen molar-refractivity contribution in [2.45, 2.75) is 44.4 Å². The molecule has 0 unspecified atom stereocenters. The number of benzene rings is 3. The Bertz CT molecular complexity index is 1120. The average molecular weight is 437 g/mol. The number of aryl methyl sites for hydroxylation is 2. The van der Waals surface area contributed by atoms with E-state index in [0.717, 1.165) is 16.8 Å². The zero-order valence-electron chi connectivity index (χ0n) is 18.1. The summed E-state index contributed by atoms with van der Waals surface area (Å²) in [4.78, 5) is 12.4. The molecule has 162 valence electrons. The van der Waals surface area contributed by atoms with Crippen LogP contribution in [-0.2, 0) is 21.2 Å². The van der Waals surface area contributed by atoms with Crippen LogP contribution in [-0.4, -0.2) is 14.3 Å². The minimum atomic E-state index is -3.65. The quantitative estimate of drug-likeness (QED) is 0.490. The predicted molar refractivity (Wildman–Crippen MR) is 126 cm³/mol. The lowest BCUT2D eigenvalue weighted by Gasteiger charge is -2.10. The van der Waals surface area contributed by atoms with E-state index < -0.39 is 10.0 Å². The maximum Gasteiger partial charge on any atom is 0.261 e. The molecule has 0 atom stereocenters. The average Bonchev–Trinajstić information content (AvgIpc) is 2.74. The predicted octanol–water partition coefficient (Wildman–Crippen LogP) is 5.49. The van der Waals surface area contributed by atoms with E-state index in [1.165, 1.54) is 5.56 Å². The van der Waals surface area contributed by atoms with Crippen LogP contribution in [0.15, 0.2) is 77.7 Å². The summed E-state index contributed by atoms with van der Waals surface area (Å²) in [7, 11) is -3.65. The Morgan fingerprint density at radius 1 is 0.839 bits per heavy atom. The molecule has 3 aromatic rings. The normalized spacial score (nSPS) is 11.4. The summed E-state index contributed by atoms with van der Waals surface area (Å²) in [6.07, 6.45) is 0.848. The fourth-order valence-corrected chi connectivity index (χ4v) is 4.16. The van der Waals surface area contributed by atoms with E-state index >= 15 is 0 Å². The Labute approximate surface area is 184 Å². The van der Waals surface area contributed by atoms with Crippen LogP contribution in [0.4, 0.5) is 11.4 Å². The molecule has 0 heterocycles. The largest absolute Gasteiger partial charge is 0.326 e. The number of nitrogens with one attached hydrogen (secondary N) is 2. The second kappa shape index (κ2) is 9.79. The van der Waals surface area contributed by atoms with Crippen LogP contribution < -0.4 is 10.0 Å². The van der Waals surface area contributed by atoms with Gasteiger partial charge in [-0.25, -0.2) is 8.42 Å². The van der Waals surface area contributed by atoms with Gasteiger partial charge in [0, 0.05) is 17.8 Å². The van der Waals surface area contributed by atoms with Gasteiger partial charge < -0.3 is 5.32 Å². The number of carbonyl (C=O) groups excluding carboxylic acids is 1. The molecule has 6 heteroatoms. The van der Waals surface area contributed by atoms with Gasteiger partial charge in [0.05, 0.1) is 4.90 Å². The topological polar surface area (TPSA) is 75.3 Å². The van der Waals surface area contributed by atoms with Gasteiger partial charge >= 0.3 is 0 Å². The zero-order chi connectivity index (χ0) is 22.4. The van der Waals surface area contributed by atoms with Gasteiger partial charge in [0.1, 0.15) is 0 Å². The van der Waals surface area contributed by atoms with Crippen molar-refractivity contribution >= 4 is 27.3 Å². The highest BCUT2D eigenvalue weighted by Crippen LogP contribution is 2.19. The third-order valence-electron chi connectivity index (χ3n) is 5.04. The van der Waals surface area contributed by atoms with E-state index in [1.807, 2.05) is 43.3 Å². The molecule has 0 aliphatic heterocycles. The molecule has 0 fully saturated rings. The Kier molecular flexibility index (Phi) is 7.13. The fraction of sp³-hybridized carbons (Fsp3) is 0.240. The maximum atomic E-state index is 12.6. The summed E-state index contributed by atoms with van der Waals surface area (Å²) >= 11 is 0. The third-order valence-corrected chi connectivity index (χ3v) is 6.44. The monoisotopic (exact) mass is 436 g/mol. The Hall–Kier alpha value is -3.12. The Balaban J connectivity index is 1.55. The van der Waals surface area contributed by atoms with Gasteiger partial charge in [-0.05, 0) is 66.8 Å². The van der Waals surface area contributed by atoms with E-state index in [0.29, 0.717) is 24.4 Å². The van der Waals surface area contributed by atoms with Gasteiger partial charge in [-0.3, -0.25) is 9.52 Å². The number of anilines is 2. The van der Waals surface area contributed by atoms with Crippen molar-refractivity contribution in [3.63, 3.8) is 0 Å². The van der Waals surface area contributed by atoms with Gasteiger partial charge in [0.25, 0.3) is 10.0 Å². The minimum Gasteiger partial charge on any atom is -0.326 e. The third kappa shape index (κ3) is 6.43. The summed E-state index contributed by atoms with van der Waals surface area (Å²) in [5.74, 6) is 0.374. The molecule has 0 aromatic heterocycles. The highest BCUT2D eigenvalue weighted by Gasteiger charge is 2.14. The molecule has 0 spiro atoms. The van der Waals surface area contributed by atoms with E-state index in [9.17, 15) is 13.2 Å². The van der Waals surface area contributed by atoms with Crippen molar-refractivity contribution in [2.75, 3.05) is 10.0 Å². The number of hydrogen-bond acceptors (Lipinski definition) is 3. The molecule has 0 saturated heterocycles. The van der Waals surface area contributed by atoms with E-state index in [1.54, 1.807) is 36.4 Å². The minimum absolute atomic E-state index is 0.0740. The number of carbonyl (C=O) groups is 1. The Morgan fingerprint density at radius 3 is 2.00 bits per heavy atom. The van der Waals surface area contributed by atoms with Crippen molar-refractivity contribution in [3.8, 4) is 0 Å². The summed E-state index contributed by atoms with van der Waals surface area (Å²) < 4.78 is 27.7.